The minimum absolute atomic E-state index is 0.169. The van der Waals surface area contributed by atoms with Crippen LogP contribution < -0.4 is 5.32 Å². The van der Waals surface area contributed by atoms with Crippen molar-refractivity contribution in [3.05, 3.63) is 54.4 Å². The van der Waals surface area contributed by atoms with Crippen LogP contribution in [-0.2, 0) is 16.0 Å². The highest BCUT2D eigenvalue weighted by molar-refractivity contribution is 5.83. The van der Waals surface area contributed by atoms with Gasteiger partial charge in [0.15, 0.2) is 0 Å². The Morgan fingerprint density at radius 3 is 2.60 bits per heavy atom. The van der Waals surface area contributed by atoms with Gasteiger partial charge < -0.3 is 10.1 Å². The molecule has 1 aliphatic heterocycles. The number of carbonyl (C=O) groups is 1. The van der Waals surface area contributed by atoms with Gasteiger partial charge in [0.25, 0.3) is 0 Å². The molecule has 25 heavy (non-hydrogen) atoms. The minimum atomic E-state index is -0.378. The van der Waals surface area contributed by atoms with E-state index in [2.05, 4.69) is 35.4 Å². The van der Waals surface area contributed by atoms with E-state index in [0.717, 1.165) is 37.8 Å². The average Bonchev–Trinajstić information content (AvgIpc) is 2.68. The molecule has 132 valence electrons. The molecule has 0 spiro atoms. The summed E-state index contributed by atoms with van der Waals surface area (Å²) in [5.74, 6) is 0.169. The molecule has 1 fully saturated rings. The van der Waals surface area contributed by atoms with Crippen LogP contribution in [0.3, 0.4) is 0 Å². The summed E-state index contributed by atoms with van der Waals surface area (Å²) >= 11 is 0. The van der Waals surface area contributed by atoms with Crippen LogP contribution in [0.25, 0.3) is 11.1 Å². The molecule has 0 radical (unpaired) electrons. The predicted molar refractivity (Wildman–Crippen MR) is 99.2 cm³/mol. The molecule has 0 bridgehead atoms. The van der Waals surface area contributed by atoms with Gasteiger partial charge in [-0.15, -0.1) is 0 Å². The molecule has 0 aliphatic carbocycles. The minimum Gasteiger partial charge on any atom is -0.381 e. The molecule has 1 N–H and O–H groups in total. The molecule has 0 atom stereocenters. The van der Waals surface area contributed by atoms with Crippen LogP contribution in [0.15, 0.2) is 48.8 Å². The van der Waals surface area contributed by atoms with Crippen molar-refractivity contribution in [2.45, 2.75) is 32.6 Å². The monoisotopic (exact) mass is 338 g/mol. The fourth-order valence-electron chi connectivity index (χ4n) is 3.52. The van der Waals surface area contributed by atoms with Crippen molar-refractivity contribution in [2.75, 3.05) is 19.8 Å². The second-order valence-corrected chi connectivity index (χ2v) is 6.72. The Balaban J connectivity index is 1.91. The lowest BCUT2D eigenvalue weighted by atomic mass is 9.73. The summed E-state index contributed by atoms with van der Waals surface area (Å²) in [6, 6.07) is 12.4. The van der Waals surface area contributed by atoms with Gasteiger partial charge in [0.1, 0.15) is 0 Å². The van der Waals surface area contributed by atoms with Gasteiger partial charge in [-0.2, -0.15) is 0 Å². The standard InChI is InChI=1S/C21H26N2O2/c1-2-11-23-20(24)21(9-14-25-15-10-21)16-18-5-3-4-6-19(18)17-7-12-22-13-8-17/h3-8,12-13H,2,9-11,14-16H2,1H3,(H,23,24). The van der Waals surface area contributed by atoms with Crippen molar-refractivity contribution in [3.63, 3.8) is 0 Å². The Morgan fingerprint density at radius 1 is 1.16 bits per heavy atom. The lowest BCUT2D eigenvalue weighted by molar-refractivity contribution is -0.136. The molecule has 4 nitrogen and oxygen atoms in total. The third-order valence-electron chi connectivity index (χ3n) is 5.00. The molecule has 1 saturated heterocycles. The van der Waals surface area contributed by atoms with Gasteiger partial charge in [-0.3, -0.25) is 9.78 Å². The van der Waals surface area contributed by atoms with Gasteiger partial charge in [0.2, 0.25) is 5.91 Å². The highest BCUT2D eigenvalue weighted by Crippen LogP contribution is 2.37. The van der Waals surface area contributed by atoms with Gasteiger partial charge in [0.05, 0.1) is 5.41 Å². The van der Waals surface area contributed by atoms with E-state index in [1.54, 1.807) is 0 Å². The van der Waals surface area contributed by atoms with Crippen molar-refractivity contribution in [1.82, 2.24) is 10.3 Å². The molecule has 2 aromatic rings. The van der Waals surface area contributed by atoms with Gasteiger partial charge in [-0.05, 0) is 54.5 Å². The number of amides is 1. The zero-order valence-electron chi connectivity index (χ0n) is 14.8. The number of hydrogen-bond acceptors (Lipinski definition) is 3. The number of ether oxygens (including phenoxy) is 1. The van der Waals surface area contributed by atoms with E-state index in [-0.39, 0.29) is 11.3 Å². The van der Waals surface area contributed by atoms with E-state index < -0.39 is 0 Å². The van der Waals surface area contributed by atoms with E-state index >= 15 is 0 Å². The van der Waals surface area contributed by atoms with Crippen LogP contribution in [0, 0.1) is 5.41 Å². The highest BCUT2D eigenvalue weighted by atomic mass is 16.5. The molecule has 3 rings (SSSR count). The first kappa shape index (κ1) is 17.6. The summed E-state index contributed by atoms with van der Waals surface area (Å²) in [5, 5.41) is 3.12. The second kappa shape index (κ2) is 8.26. The van der Waals surface area contributed by atoms with Crippen molar-refractivity contribution < 1.29 is 9.53 Å². The van der Waals surface area contributed by atoms with Crippen LogP contribution in [-0.4, -0.2) is 30.6 Å². The van der Waals surface area contributed by atoms with Crippen molar-refractivity contribution in [3.8, 4) is 11.1 Å². The van der Waals surface area contributed by atoms with E-state index in [9.17, 15) is 4.79 Å². The maximum Gasteiger partial charge on any atom is 0.226 e. The Hall–Kier alpha value is -2.20. The SMILES string of the molecule is CCCNC(=O)C1(Cc2ccccc2-c2ccncc2)CCOCC1. The van der Waals surface area contributed by atoms with Gasteiger partial charge >= 0.3 is 0 Å². The number of pyridine rings is 1. The quantitative estimate of drug-likeness (QED) is 0.875. The number of nitrogens with one attached hydrogen (secondary N) is 1. The van der Waals surface area contributed by atoms with Gasteiger partial charge in [-0.25, -0.2) is 0 Å². The first-order valence-corrected chi connectivity index (χ1v) is 9.09. The predicted octanol–water partition coefficient (Wildman–Crippen LogP) is 3.61. The third kappa shape index (κ3) is 4.07. The molecule has 1 aromatic carbocycles. The fraction of sp³-hybridized carbons (Fsp3) is 0.429. The number of benzene rings is 1. The van der Waals surface area contributed by atoms with Gasteiger partial charge in [-0.1, -0.05) is 31.2 Å². The van der Waals surface area contributed by atoms with Crippen LogP contribution in [0.2, 0.25) is 0 Å². The summed E-state index contributed by atoms with van der Waals surface area (Å²) in [7, 11) is 0. The number of hydrogen-bond donors (Lipinski definition) is 1. The average molecular weight is 338 g/mol. The first-order chi connectivity index (χ1) is 12.2. The number of rotatable bonds is 6. The van der Waals surface area contributed by atoms with E-state index in [1.165, 1.54) is 11.1 Å². The third-order valence-corrected chi connectivity index (χ3v) is 5.00. The normalized spacial score (nSPS) is 16.4. The molecule has 0 unspecified atom stereocenters. The van der Waals surface area contributed by atoms with E-state index in [1.807, 2.05) is 30.6 Å². The number of nitrogens with zero attached hydrogens (tertiary/aromatic N) is 1. The summed E-state index contributed by atoms with van der Waals surface area (Å²) in [6.45, 7) is 4.11. The maximum atomic E-state index is 13.0. The fourth-order valence-corrected chi connectivity index (χ4v) is 3.52. The maximum absolute atomic E-state index is 13.0. The summed E-state index contributed by atoms with van der Waals surface area (Å²) < 4.78 is 5.54. The molecule has 1 aliphatic rings. The smallest absolute Gasteiger partial charge is 0.226 e. The largest absolute Gasteiger partial charge is 0.381 e. The van der Waals surface area contributed by atoms with Crippen LogP contribution in [0.5, 0.6) is 0 Å². The molecule has 1 amide bonds. The first-order valence-electron chi connectivity index (χ1n) is 9.09. The summed E-state index contributed by atoms with van der Waals surface area (Å²) in [6.07, 6.45) is 6.85. The van der Waals surface area contributed by atoms with Crippen molar-refractivity contribution >= 4 is 5.91 Å². The summed E-state index contributed by atoms with van der Waals surface area (Å²) in [5.41, 5.74) is 3.15. The van der Waals surface area contributed by atoms with Crippen LogP contribution >= 0.6 is 0 Å². The Bertz CT molecular complexity index is 694. The number of aromatic nitrogens is 1. The van der Waals surface area contributed by atoms with Crippen molar-refractivity contribution in [2.24, 2.45) is 5.41 Å². The van der Waals surface area contributed by atoms with E-state index in [0.29, 0.717) is 13.2 Å². The Kier molecular flexibility index (Phi) is 5.82. The molecule has 1 aromatic heterocycles. The second-order valence-electron chi connectivity index (χ2n) is 6.72. The van der Waals surface area contributed by atoms with E-state index in [4.69, 9.17) is 4.74 Å². The zero-order valence-corrected chi connectivity index (χ0v) is 14.8. The highest BCUT2D eigenvalue weighted by Gasteiger charge is 2.40. The topological polar surface area (TPSA) is 51.2 Å². The van der Waals surface area contributed by atoms with Gasteiger partial charge in [0, 0.05) is 32.2 Å². The van der Waals surface area contributed by atoms with Crippen LogP contribution in [0.1, 0.15) is 31.7 Å². The lowest BCUT2D eigenvalue weighted by Crippen LogP contribution is -2.46. The molecule has 2 heterocycles. The molecule has 4 heteroatoms. The lowest BCUT2D eigenvalue weighted by Gasteiger charge is -2.36. The Morgan fingerprint density at radius 2 is 1.88 bits per heavy atom. The molecular weight excluding hydrogens is 312 g/mol. The number of carbonyl (C=O) groups excluding carboxylic acids is 1. The van der Waals surface area contributed by atoms with Crippen molar-refractivity contribution in [1.29, 1.82) is 0 Å². The Labute approximate surface area is 149 Å². The molecule has 0 saturated carbocycles. The molecular formula is C21H26N2O2. The summed E-state index contributed by atoms with van der Waals surface area (Å²) in [4.78, 5) is 17.1. The van der Waals surface area contributed by atoms with Crippen LogP contribution in [0.4, 0.5) is 0 Å². The zero-order chi connectivity index (χ0) is 17.5.